The molecule has 0 unspecified atom stereocenters. The van der Waals surface area contributed by atoms with Crippen molar-refractivity contribution in [2.45, 2.75) is 34.1 Å². The molecule has 0 aliphatic rings. The lowest BCUT2D eigenvalue weighted by atomic mass is 10.1. The number of aromatic nitrogens is 2. The van der Waals surface area contributed by atoms with Crippen molar-refractivity contribution < 1.29 is 9.53 Å². The van der Waals surface area contributed by atoms with E-state index in [2.05, 4.69) is 15.2 Å². The molecule has 0 radical (unpaired) electrons. The van der Waals surface area contributed by atoms with Crippen LogP contribution in [-0.4, -0.2) is 22.0 Å². The minimum Gasteiger partial charge on any atom is -0.466 e. The molecule has 0 spiro atoms. The predicted octanol–water partition coefficient (Wildman–Crippen LogP) is 4.78. The number of hydrogen-bond acceptors (Lipinski definition) is 5. The van der Waals surface area contributed by atoms with E-state index in [1.807, 2.05) is 61.7 Å². The fourth-order valence-electron chi connectivity index (χ4n) is 2.74. The number of ether oxygens (including phenoxy) is 1. The van der Waals surface area contributed by atoms with E-state index in [0.29, 0.717) is 18.1 Å². The molecule has 0 amide bonds. The van der Waals surface area contributed by atoms with Gasteiger partial charge in [0.15, 0.2) is 5.82 Å². The Labute approximate surface area is 152 Å². The van der Waals surface area contributed by atoms with Crippen LogP contribution in [0.2, 0.25) is 0 Å². The lowest BCUT2D eigenvalue weighted by molar-refractivity contribution is -0.142. The Morgan fingerprint density at radius 2 is 1.96 bits per heavy atom. The molecule has 0 aliphatic carbocycles. The monoisotopic (exact) mass is 350 g/mol. The van der Waals surface area contributed by atoms with Crippen molar-refractivity contribution >= 4 is 23.1 Å². The number of aryl methyl sites for hydroxylation is 3. The minimum absolute atomic E-state index is 0.0656. The third-order valence-electron chi connectivity index (χ3n) is 4.12. The summed E-state index contributed by atoms with van der Waals surface area (Å²) >= 11 is 0. The molecule has 0 N–H and O–H groups in total. The average Bonchev–Trinajstić information content (AvgIpc) is 2.94. The van der Waals surface area contributed by atoms with Gasteiger partial charge < -0.3 is 4.74 Å². The van der Waals surface area contributed by atoms with Crippen LogP contribution in [0.15, 0.2) is 46.8 Å². The molecule has 26 heavy (non-hydrogen) atoms. The van der Waals surface area contributed by atoms with E-state index in [-0.39, 0.29) is 12.4 Å². The maximum Gasteiger partial charge on any atom is 0.312 e. The number of fused-ring (bicyclic) bond motifs is 1. The van der Waals surface area contributed by atoms with Crippen LogP contribution in [0.1, 0.15) is 29.3 Å². The second kappa shape index (κ2) is 7.47. The van der Waals surface area contributed by atoms with Crippen LogP contribution in [0.3, 0.4) is 0 Å². The number of carbonyl (C=O) groups excluding carboxylic acids is 1. The number of azo groups is 1. The summed E-state index contributed by atoms with van der Waals surface area (Å²) in [5.74, 6) is 0.231. The Morgan fingerprint density at radius 3 is 2.73 bits per heavy atom. The highest BCUT2D eigenvalue weighted by atomic mass is 16.5. The lowest BCUT2D eigenvalue weighted by Crippen LogP contribution is -2.07. The molecule has 6 nitrogen and oxygen atoms in total. The van der Waals surface area contributed by atoms with Crippen molar-refractivity contribution in [1.82, 2.24) is 9.38 Å². The molecule has 3 rings (SSSR count). The van der Waals surface area contributed by atoms with E-state index in [9.17, 15) is 4.79 Å². The molecule has 0 fully saturated rings. The predicted molar refractivity (Wildman–Crippen MR) is 100 cm³/mol. The summed E-state index contributed by atoms with van der Waals surface area (Å²) in [6.45, 7) is 8.10. The molecule has 1 aromatic carbocycles. The molecule has 134 valence electrons. The Kier molecular flexibility index (Phi) is 5.11. The second-order valence-corrected chi connectivity index (χ2v) is 6.24. The highest BCUT2D eigenvalue weighted by Gasteiger charge is 2.17. The second-order valence-electron chi connectivity index (χ2n) is 6.24. The topological polar surface area (TPSA) is 68.3 Å². The largest absolute Gasteiger partial charge is 0.466 e. The zero-order valence-electron chi connectivity index (χ0n) is 15.5. The van der Waals surface area contributed by atoms with Crippen LogP contribution in [0.4, 0.5) is 11.5 Å². The van der Waals surface area contributed by atoms with Gasteiger partial charge >= 0.3 is 5.97 Å². The van der Waals surface area contributed by atoms with Crippen LogP contribution in [0.5, 0.6) is 0 Å². The van der Waals surface area contributed by atoms with Crippen LogP contribution in [-0.2, 0) is 16.0 Å². The zero-order chi connectivity index (χ0) is 18.7. The fraction of sp³-hybridized carbons (Fsp3) is 0.300. The van der Waals surface area contributed by atoms with E-state index in [1.165, 1.54) is 0 Å². The van der Waals surface area contributed by atoms with Gasteiger partial charge in [0.2, 0.25) is 0 Å². The van der Waals surface area contributed by atoms with Crippen LogP contribution < -0.4 is 0 Å². The smallest absolute Gasteiger partial charge is 0.312 e. The first-order valence-corrected chi connectivity index (χ1v) is 8.60. The van der Waals surface area contributed by atoms with Crippen molar-refractivity contribution in [2.75, 3.05) is 6.61 Å². The van der Waals surface area contributed by atoms with Crippen LogP contribution >= 0.6 is 0 Å². The van der Waals surface area contributed by atoms with E-state index in [0.717, 1.165) is 28.0 Å². The fourth-order valence-corrected chi connectivity index (χ4v) is 2.74. The average molecular weight is 350 g/mol. The molecule has 2 aromatic heterocycles. The third-order valence-corrected chi connectivity index (χ3v) is 4.12. The van der Waals surface area contributed by atoms with Gasteiger partial charge in [-0.2, -0.15) is 0 Å². The van der Waals surface area contributed by atoms with Gasteiger partial charge in [-0.05, 0) is 56.5 Å². The maximum atomic E-state index is 12.0. The number of rotatable bonds is 5. The van der Waals surface area contributed by atoms with Gasteiger partial charge in [-0.15, -0.1) is 10.2 Å². The van der Waals surface area contributed by atoms with E-state index < -0.39 is 0 Å². The van der Waals surface area contributed by atoms with Gasteiger partial charge in [0, 0.05) is 6.20 Å². The van der Waals surface area contributed by atoms with Gasteiger partial charge in [-0.3, -0.25) is 9.20 Å². The van der Waals surface area contributed by atoms with Crippen molar-refractivity contribution in [3.8, 4) is 0 Å². The summed E-state index contributed by atoms with van der Waals surface area (Å²) in [6, 6.07) is 9.94. The van der Waals surface area contributed by atoms with Gasteiger partial charge in [0.05, 0.1) is 24.4 Å². The van der Waals surface area contributed by atoms with Gasteiger partial charge in [-0.1, -0.05) is 18.2 Å². The number of esters is 1. The Morgan fingerprint density at radius 1 is 1.15 bits per heavy atom. The standard InChI is InChI=1S/C20H22N4O2/c1-5-26-18(25)12-17-20(24-10-6-7-15(4)19(24)21-17)23-22-16-11-13(2)8-9-14(16)3/h6-11H,5,12H2,1-4H3. The SMILES string of the molecule is CCOC(=O)Cc1nc2c(C)cccn2c1N=Nc1cc(C)ccc1C. The van der Waals surface area contributed by atoms with Crippen molar-refractivity contribution in [3.05, 3.63) is 58.9 Å². The van der Waals surface area contributed by atoms with Gasteiger partial charge in [0.1, 0.15) is 5.65 Å². The first-order valence-electron chi connectivity index (χ1n) is 8.60. The summed E-state index contributed by atoms with van der Waals surface area (Å²) in [4.78, 5) is 16.6. The Hall–Kier alpha value is -3.02. The van der Waals surface area contributed by atoms with Crippen molar-refractivity contribution in [1.29, 1.82) is 0 Å². The van der Waals surface area contributed by atoms with Gasteiger partial charge in [0.25, 0.3) is 0 Å². The third kappa shape index (κ3) is 3.64. The summed E-state index contributed by atoms with van der Waals surface area (Å²) in [5.41, 5.74) is 5.29. The number of pyridine rings is 1. The molecule has 2 heterocycles. The van der Waals surface area contributed by atoms with Crippen molar-refractivity contribution in [2.24, 2.45) is 10.2 Å². The first-order chi connectivity index (χ1) is 12.5. The molecule has 3 aromatic rings. The summed E-state index contributed by atoms with van der Waals surface area (Å²) in [7, 11) is 0. The number of imidazole rings is 1. The summed E-state index contributed by atoms with van der Waals surface area (Å²) in [6.07, 6.45) is 1.94. The molecule has 6 heteroatoms. The maximum absolute atomic E-state index is 12.0. The normalized spacial score (nSPS) is 11.4. The zero-order valence-corrected chi connectivity index (χ0v) is 15.5. The number of hydrogen-bond donors (Lipinski definition) is 0. The molecule has 0 bridgehead atoms. The first kappa shape index (κ1) is 17.8. The number of nitrogens with zero attached hydrogens (tertiary/aromatic N) is 4. The highest BCUT2D eigenvalue weighted by molar-refractivity contribution is 5.74. The minimum atomic E-state index is -0.322. The van der Waals surface area contributed by atoms with E-state index in [1.54, 1.807) is 6.92 Å². The summed E-state index contributed by atoms with van der Waals surface area (Å²) < 4.78 is 6.92. The van der Waals surface area contributed by atoms with Gasteiger partial charge in [-0.25, -0.2) is 4.98 Å². The molecule has 0 saturated heterocycles. The molecule has 0 atom stereocenters. The van der Waals surface area contributed by atoms with Crippen molar-refractivity contribution in [3.63, 3.8) is 0 Å². The highest BCUT2D eigenvalue weighted by Crippen LogP contribution is 2.28. The lowest BCUT2D eigenvalue weighted by Gasteiger charge is -2.02. The summed E-state index contributed by atoms with van der Waals surface area (Å²) in [5, 5.41) is 8.85. The van der Waals surface area contributed by atoms with E-state index in [4.69, 9.17) is 4.74 Å². The quantitative estimate of drug-likeness (QED) is 0.491. The Bertz CT molecular complexity index is 989. The molecular weight excluding hydrogens is 328 g/mol. The van der Waals surface area contributed by atoms with Crippen LogP contribution in [0, 0.1) is 20.8 Å². The molecular formula is C20H22N4O2. The number of carbonyl (C=O) groups is 1. The number of benzene rings is 1. The van der Waals surface area contributed by atoms with E-state index >= 15 is 0 Å². The molecule has 0 aliphatic heterocycles. The van der Waals surface area contributed by atoms with Crippen LogP contribution in [0.25, 0.3) is 5.65 Å². The Balaban J connectivity index is 2.07. The molecule has 0 saturated carbocycles.